The van der Waals surface area contributed by atoms with Gasteiger partial charge in [0.2, 0.25) is 5.91 Å². The van der Waals surface area contributed by atoms with E-state index in [4.69, 9.17) is 33.0 Å². The second-order valence-electron chi connectivity index (χ2n) is 7.42. The Morgan fingerprint density at radius 1 is 1.06 bits per heavy atom. The fourth-order valence-corrected chi connectivity index (χ4v) is 3.78. The molecule has 0 saturated heterocycles. The zero-order chi connectivity index (χ0) is 23.5. The van der Waals surface area contributed by atoms with Crippen LogP contribution >= 0.6 is 23.2 Å². The van der Waals surface area contributed by atoms with Crippen molar-refractivity contribution in [2.75, 3.05) is 10.7 Å². The monoisotopic (exact) mass is 487 g/mol. The van der Waals surface area contributed by atoms with Gasteiger partial charge in [-0.1, -0.05) is 35.3 Å². The summed E-state index contributed by atoms with van der Waals surface area (Å²) in [5.41, 5.74) is 5.23. The number of fused-ring (bicyclic) bond motifs is 1. The molecule has 4 rings (SSSR count). The summed E-state index contributed by atoms with van der Waals surface area (Å²) < 4.78 is 7.22. The third kappa shape index (κ3) is 5.30. The number of carboxylic acid groups (broad SMARTS) is 1. The second-order valence-corrected chi connectivity index (χ2v) is 8.29. The van der Waals surface area contributed by atoms with E-state index in [-0.39, 0.29) is 19.3 Å². The van der Waals surface area contributed by atoms with Crippen LogP contribution in [0, 0.1) is 0 Å². The van der Waals surface area contributed by atoms with E-state index < -0.39 is 23.9 Å². The van der Waals surface area contributed by atoms with Crippen molar-refractivity contribution >= 4 is 46.7 Å². The van der Waals surface area contributed by atoms with Gasteiger partial charge in [0, 0.05) is 27.7 Å². The smallest absolute Gasteiger partial charge is 0.303 e. The lowest BCUT2D eigenvalue weighted by Crippen LogP contribution is -2.40. The number of carbonyl (C=O) groups is 3. The molecule has 0 radical (unpaired) electrons. The van der Waals surface area contributed by atoms with Crippen molar-refractivity contribution in [1.82, 2.24) is 4.68 Å². The standard InChI is InChI=1S/C23H19Cl2N3O5/c24-14-3-1-13(2-4-14)18-8-6-16(7-10-22(30)31)28(18)27-21(29)12-20-23(32)26-17-11-15(25)5-9-19(17)33-20/h1-6,8-9,11,20H,7,10,12H2,(H,26,32)(H,27,29)(H,30,31)/t20-/m1/s1. The van der Waals surface area contributed by atoms with Crippen molar-refractivity contribution in [2.45, 2.75) is 25.4 Å². The number of anilines is 1. The van der Waals surface area contributed by atoms with E-state index >= 15 is 0 Å². The lowest BCUT2D eigenvalue weighted by atomic mass is 10.1. The van der Waals surface area contributed by atoms with Crippen molar-refractivity contribution < 1.29 is 24.2 Å². The molecule has 1 aromatic heterocycles. The lowest BCUT2D eigenvalue weighted by Gasteiger charge is -2.26. The summed E-state index contributed by atoms with van der Waals surface area (Å²) in [6.07, 6.45) is -1.17. The first-order valence-corrected chi connectivity index (χ1v) is 10.8. The number of carbonyl (C=O) groups excluding carboxylic acids is 2. The number of aryl methyl sites for hydroxylation is 1. The largest absolute Gasteiger partial charge is 0.481 e. The number of hydrogen-bond acceptors (Lipinski definition) is 4. The fraction of sp³-hybridized carbons (Fsp3) is 0.174. The van der Waals surface area contributed by atoms with Crippen molar-refractivity contribution in [3.63, 3.8) is 0 Å². The van der Waals surface area contributed by atoms with Crippen LogP contribution in [0.5, 0.6) is 5.75 Å². The second kappa shape index (κ2) is 9.56. The van der Waals surface area contributed by atoms with Crippen LogP contribution < -0.4 is 15.5 Å². The van der Waals surface area contributed by atoms with Gasteiger partial charge < -0.3 is 15.2 Å². The molecule has 0 spiro atoms. The van der Waals surface area contributed by atoms with Gasteiger partial charge in [-0.2, -0.15) is 0 Å². The third-order valence-corrected chi connectivity index (χ3v) is 5.55. The van der Waals surface area contributed by atoms with Gasteiger partial charge in [0.1, 0.15) is 5.75 Å². The number of benzene rings is 2. The zero-order valence-electron chi connectivity index (χ0n) is 17.2. The first kappa shape index (κ1) is 22.7. The minimum Gasteiger partial charge on any atom is -0.481 e. The van der Waals surface area contributed by atoms with E-state index in [2.05, 4.69) is 10.7 Å². The first-order valence-electron chi connectivity index (χ1n) is 10.1. The number of rotatable bonds is 7. The summed E-state index contributed by atoms with van der Waals surface area (Å²) in [4.78, 5) is 36.4. The van der Waals surface area contributed by atoms with E-state index in [0.29, 0.717) is 32.9 Å². The van der Waals surface area contributed by atoms with Crippen molar-refractivity contribution in [2.24, 2.45) is 0 Å². The van der Waals surface area contributed by atoms with Crippen molar-refractivity contribution in [3.8, 4) is 17.0 Å². The molecule has 3 N–H and O–H groups in total. The maximum absolute atomic E-state index is 12.9. The van der Waals surface area contributed by atoms with Gasteiger partial charge in [0.05, 0.1) is 24.2 Å². The number of aliphatic carboxylic acids is 1. The number of hydrogen-bond donors (Lipinski definition) is 3. The van der Waals surface area contributed by atoms with Gasteiger partial charge in [-0.25, -0.2) is 0 Å². The van der Waals surface area contributed by atoms with Crippen LogP contribution in [0.4, 0.5) is 5.69 Å². The van der Waals surface area contributed by atoms with E-state index in [0.717, 1.165) is 5.56 Å². The van der Waals surface area contributed by atoms with Crippen LogP contribution in [0.25, 0.3) is 11.3 Å². The Labute approximate surface area is 199 Å². The maximum atomic E-state index is 12.9. The quantitative estimate of drug-likeness (QED) is 0.459. The highest BCUT2D eigenvalue weighted by molar-refractivity contribution is 6.31. The average Bonchev–Trinajstić information content (AvgIpc) is 3.15. The van der Waals surface area contributed by atoms with Gasteiger partial charge in [-0.15, -0.1) is 0 Å². The van der Waals surface area contributed by atoms with Crippen LogP contribution in [0.1, 0.15) is 18.5 Å². The Morgan fingerprint density at radius 2 is 1.79 bits per heavy atom. The van der Waals surface area contributed by atoms with Gasteiger partial charge in [0.25, 0.3) is 5.91 Å². The van der Waals surface area contributed by atoms with Gasteiger partial charge >= 0.3 is 5.97 Å². The highest BCUT2D eigenvalue weighted by Gasteiger charge is 2.30. The summed E-state index contributed by atoms with van der Waals surface area (Å²) >= 11 is 11.9. The number of halogens is 2. The summed E-state index contributed by atoms with van der Waals surface area (Å²) in [5.74, 6) is -1.47. The minimum atomic E-state index is -1.03. The third-order valence-electron chi connectivity index (χ3n) is 5.07. The number of nitrogens with zero attached hydrogens (tertiary/aromatic N) is 1. The normalized spacial score (nSPS) is 14.7. The molecule has 0 aliphatic carbocycles. The molecule has 2 amide bonds. The molecule has 10 heteroatoms. The summed E-state index contributed by atoms with van der Waals surface area (Å²) in [5, 5.41) is 12.8. The van der Waals surface area contributed by atoms with E-state index in [1.165, 1.54) is 4.68 Å². The SMILES string of the molecule is O=C(O)CCc1ccc(-c2ccc(Cl)cc2)n1NC(=O)C[C@H]1Oc2ccc(Cl)cc2NC1=O. The highest BCUT2D eigenvalue weighted by Crippen LogP contribution is 2.32. The Balaban J connectivity index is 1.54. The molecule has 0 saturated carbocycles. The number of nitrogens with one attached hydrogen (secondary N) is 2. The molecule has 8 nitrogen and oxygen atoms in total. The predicted octanol–water partition coefficient (Wildman–Crippen LogP) is 4.34. The molecular formula is C23H19Cl2N3O5. The molecule has 0 bridgehead atoms. The molecule has 3 aromatic rings. The molecule has 1 atom stereocenters. The molecule has 1 aliphatic heterocycles. The molecule has 170 valence electrons. The Morgan fingerprint density at radius 3 is 2.52 bits per heavy atom. The van der Waals surface area contributed by atoms with Crippen LogP contribution in [-0.4, -0.2) is 33.7 Å². The van der Waals surface area contributed by atoms with Crippen LogP contribution in [0.3, 0.4) is 0 Å². The topological polar surface area (TPSA) is 110 Å². The number of amides is 2. The number of aromatic nitrogens is 1. The predicted molar refractivity (Wildman–Crippen MR) is 124 cm³/mol. The Hall–Kier alpha value is -3.49. The first-order chi connectivity index (χ1) is 15.8. The summed E-state index contributed by atoms with van der Waals surface area (Å²) in [7, 11) is 0. The van der Waals surface area contributed by atoms with Gasteiger partial charge in [0.15, 0.2) is 6.10 Å². The molecule has 33 heavy (non-hydrogen) atoms. The Bertz CT molecular complexity index is 1220. The maximum Gasteiger partial charge on any atom is 0.303 e. The van der Waals surface area contributed by atoms with E-state index in [1.54, 1.807) is 54.6 Å². The molecule has 0 unspecified atom stereocenters. The van der Waals surface area contributed by atoms with E-state index in [1.807, 2.05) is 0 Å². The lowest BCUT2D eigenvalue weighted by molar-refractivity contribution is -0.137. The summed E-state index contributed by atoms with van der Waals surface area (Å²) in [6, 6.07) is 15.4. The van der Waals surface area contributed by atoms with Gasteiger partial charge in [-0.3, -0.25) is 24.5 Å². The van der Waals surface area contributed by atoms with Crippen molar-refractivity contribution in [1.29, 1.82) is 0 Å². The van der Waals surface area contributed by atoms with Crippen LogP contribution in [-0.2, 0) is 20.8 Å². The number of carboxylic acids is 1. The van der Waals surface area contributed by atoms with Gasteiger partial charge in [-0.05, 0) is 42.5 Å². The molecule has 2 aromatic carbocycles. The Kier molecular flexibility index (Phi) is 6.57. The van der Waals surface area contributed by atoms with Crippen LogP contribution in [0.2, 0.25) is 10.0 Å². The highest BCUT2D eigenvalue weighted by atomic mass is 35.5. The number of ether oxygens (including phenoxy) is 1. The zero-order valence-corrected chi connectivity index (χ0v) is 18.7. The molecule has 0 fully saturated rings. The molecular weight excluding hydrogens is 469 g/mol. The average molecular weight is 488 g/mol. The summed E-state index contributed by atoms with van der Waals surface area (Å²) in [6.45, 7) is 0. The molecule has 2 heterocycles. The molecule has 1 aliphatic rings. The fourth-order valence-electron chi connectivity index (χ4n) is 3.48. The van der Waals surface area contributed by atoms with Crippen molar-refractivity contribution in [3.05, 3.63) is 70.3 Å². The van der Waals surface area contributed by atoms with E-state index in [9.17, 15) is 14.4 Å². The van der Waals surface area contributed by atoms with Crippen LogP contribution in [0.15, 0.2) is 54.6 Å². The minimum absolute atomic E-state index is 0.104.